The Kier molecular flexibility index (Phi) is 24.3. The Hall–Kier alpha value is 1.27. The van der Waals surface area contributed by atoms with Gasteiger partial charge in [0.2, 0.25) is 0 Å². The van der Waals surface area contributed by atoms with Gasteiger partial charge in [-0.3, -0.25) is 0 Å². The summed E-state index contributed by atoms with van der Waals surface area (Å²) in [6, 6.07) is 0. The Morgan fingerprint density at radius 1 is 0.537 bits per heavy atom. The summed E-state index contributed by atoms with van der Waals surface area (Å²) >= 11 is 0. The van der Waals surface area contributed by atoms with Crippen LogP contribution in [0.25, 0.3) is 0 Å². The molecule has 2 heterocycles. The molecule has 2 saturated heterocycles. The van der Waals surface area contributed by atoms with Gasteiger partial charge in [-0.15, -0.1) is 0 Å². The van der Waals surface area contributed by atoms with Crippen molar-refractivity contribution in [3.8, 4) is 0 Å². The predicted molar refractivity (Wildman–Crippen MR) is 171 cm³/mol. The van der Waals surface area contributed by atoms with Gasteiger partial charge in [0.05, 0.1) is 0 Å². The van der Waals surface area contributed by atoms with Crippen molar-refractivity contribution < 1.29 is 53.8 Å². The number of rotatable bonds is 6. The van der Waals surface area contributed by atoms with Gasteiger partial charge in [-0.1, -0.05) is 93.5 Å². The molecule has 4 fully saturated rings. The van der Waals surface area contributed by atoms with Crippen molar-refractivity contribution in [1.82, 2.24) is 0 Å². The summed E-state index contributed by atoms with van der Waals surface area (Å²) in [5, 5.41) is 0. The zero-order chi connectivity index (χ0) is 28.7. The van der Waals surface area contributed by atoms with Crippen LogP contribution >= 0.6 is 15.8 Å². The minimum atomic E-state index is -6.00. The first-order chi connectivity index (χ1) is 18.7. The van der Waals surface area contributed by atoms with E-state index in [1.54, 1.807) is 38.5 Å². The topological polar surface area (TPSA) is 0 Å². The fraction of sp³-hybridized carbons (Fsp3) is 0.875. The molecular weight excluding hydrogens is 692 g/mol. The van der Waals surface area contributed by atoms with Crippen molar-refractivity contribution in [2.24, 2.45) is 0 Å². The largest absolute Gasteiger partial charge is 0.673 e. The Morgan fingerprint density at radius 2 is 0.756 bits per heavy atom. The number of allylic oxidation sites excluding steroid dienone is 4. The first-order valence-electron chi connectivity index (χ1n) is 16.4. The molecule has 0 nitrogen and oxygen atoms in total. The van der Waals surface area contributed by atoms with Crippen LogP contribution in [0.5, 0.6) is 0 Å². The maximum absolute atomic E-state index is 9.75. The molecule has 9 heteroatoms. The second kappa shape index (κ2) is 23.6. The minimum absolute atomic E-state index is 0. The Morgan fingerprint density at radius 3 is 0.951 bits per heavy atom. The van der Waals surface area contributed by atoms with Gasteiger partial charge < -0.3 is 17.3 Å². The van der Waals surface area contributed by atoms with E-state index in [9.17, 15) is 17.3 Å². The van der Waals surface area contributed by atoms with Gasteiger partial charge in [-0.25, -0.2) is 0 Å². The molecule has 0 spiro atoms. The molecule has 4 atom stereocenters. The first-order valence-corrected chi connectivity index (χ1v) is 19.5. The van der Waals surface area contributed by atoms with Crippen molar-refractivity contribution >= 4 is 23.1 Å². The van der Waals surface area contributed by atoms with E-state index in [0.717, 1.165) is 0 Å². The normalized spacial score (nSPS) is 29.3. The second-order valence-corrected chi connectivity index (χ2v) is 18.3. The molecule has 2 aliphatic heterocycles. The zero-order valence-corrected chi connectivity index (χ0v) is 30.7. The van der Waals surface area contributed by atoms with Crippen LogP contribution in [0, 0.1) is 0 Å². The molecule has 0 aromatic carbocycles. The van der Waals surface area contributed by atoms with Gasteiger partial charge in [-0.05, 0) is 124 Å². The van der Waals surface area contributed by atoms with Crippen molar-refractivity contribution in [3.05, 3.63) is 24.3 Å². The molecule has 0 amide bonds. The molecule has 245 valence electrons. The molecule has 2 saturated carbocycles. The molecule has 5 rings (SSSR count). The van der Waals surface area contributed by atoms with Gasteiger partial charge in [0.15, 0.2) is 0 Å². The summed E-state index contributed by atoms with van der Waals surface area (Å²) in [5.41, 5.74) is 7.06. The second-order valence-electron chi connectivity index (χ2n) is 12.1. The average Bonchev–Trinajstić information content (AvgIpc) is 3.53. The van der Waals surface area contributed by atoms with E-state index in [0.29, 0.717) is 15.8 Å². The third kappa shape index (κ3) is 15.9. The summed E-state index contributed by atoms with van der Waals surface area (Å²) < 4.78 is 39.0. The van der Waals surface area contributed by atoms with Crippen LogP contribution in [0.3, 0.4) is 0 Å². The zero-order valence-electron chi connectivity index (χ0n) is 26.2. The fourth-order valence-electron chi connectivity index (χ4n) is 7.40. The Bertz CT molecular complexity index is 610. The van der Waals surface area contributed by atoms with Crippen molar-refractivity contribution in [3.63, 3.8) is 0 Å². The van der Waals surface area contributed by atoms with E-state index in [-0.39, 0.29) is 36.5 Å². The minimum Gasteiger partial charge on any atom is -0.418 e. The van der Waals surface area contributed by atoms with Crippen LogP contribution in [0.2, 0.25) is 0 Å². The molecule has 5 aliphatic rings. The van der Waals surface area contributed by atoms with E-state index in [2.05, 4.69) is 52.0 Å². The molecule has 0 unspecified atom stereocenters. The third-order valence-electron chi connectivity index (χ3n) is 9.49. The summed E-state index contributed by atoms with van der Waals surface area (Å²) in [6.07, 6.45) is 35.5. The van der Waals surface area contributed by atoms with Gasteiger partial charge in [0, 0.05) is 36.5 Å². The predicted octanol–water partition coefficient (Wildman–Crippen LogP) is 12.7. The van der Waals surface area contributed by atoms with E-state index in [1.807, 2.05) is 0 Å². The molecule has 0 aromatic rings. The average molecular weight is 750 g/mol. The molecule has 1 radical (unpaired) electrons. The fourth-order valence-corrected chi connectivity index (χ4v) is 15.8. The van der Waals surface area contributed by atoms with Gasteiger partial charge >= 0.3 is 7.25 Å². The summed E-state index contributed by atoms with van der Waals surface area (Å²) in [7, 11) is -5.05. The Labute approximate surface area is 277 Å². The van der Waals surface area contributed by atoms with E-state index in [4.69, 9.17) is 0 Å². The smallest absolute Gasteiger partial charge is 0.418 e. The van der Waals surface area contributed by atoms with Crippen molar-refractivity contribution in [2.75, 3.05) is 0 Å². The quantitative estimate of drug-likeness (QED) is 0.110. The van der Waals surface area contributed by atoms with Crippen LogP contribution in [-0.4, -0.2) is 41.2 Å². The molecule has 0 N–H and O–H groups in total. The van der Waals surface area contributed by atoms with E-state index in [1.165, 1.54) is 111 Å². The molecule has 3 aliphatic carbocycles. The Balaban J connectivity index is 0.000000541. The van der Waals surface area contributed by atoms with Crippen LogP contribution in [0.4, 0.5) is 17.3 Å². The van der Waals surface area contributed by atoms with Crippen LogP contribution in [0.1, 0.15) is 143 Å². The summed E-state index contributed by atoms with van der Waals surface area (Å²) in [5.74, 6) is 0. The maximum atomic E-state index is 9.75. The molecule has 41 heavy (non-hydrogen) atoms. The van der Waals surface area contributed by atoms with Crippen molar-refractivity contribution in [1.29, 1.82) is 0 Å². The summed E-state index contributed by atoms with van der Waals surface area (Å²) in [6.45, 7) is 9.61. The first kappa shape index (κ1) is 42.3. The van der Waals surface area contributed by atoms with E-state index >= 15 is 0 Å². The molecule has 0 bridgehead atoms. The van der Waals surface area contributed by atoms with E-state index < -0.39 is 7.25 Å². The number of hydrogen-bond donors (Lipinski definition) is 0. The van der Waals surface area contributed by atoms with Gasteiger partial charge in [0.1, 0.15) is 0 Å². The van der Waals surface area contributed by atoms with Gasteiger partial charge in [-0.2, -0.15) is 0 Å². The van der Waals surface area contributed by atoms with Crippen LogP contribution < -0.4 is 0 Å². The van der Waals surface area contributed by atoms with Crippen molar-refractivity contribution in [2.45, 2.75) is 177 Å². The summed E-state index contributed by atoms with van der Waals surface area (Å²) in [4.78, 5) is 0. The van der Waals surface area contributed by atoms with Crippen LogP contribution in [0.15, 0.2) is 24.3 Å². The SMILES string of the molecule is C1=CCC/C=C\CC1.CC[C@H]1C[C@H](CC)P1C1CCCC1.CC[C@H]1C[C@H](CC)P1C1CCCC1.F[B-](F)(F)F.[Fe].[Rh]. The molecular formula is C32H58BF4FeP2Rh-. The number of halogens is 4. The third-order valence-corrected chi connectivity index (χ3v) is 17.9. The maximum Gasteiger partial charge on any atom is 0.673 e. The van der Waals surface area contributed by atoms with Crippen LogP contribution in [-0.2, 0) is 36.5 Å². The molecule has 0 aromatic heterocycles. The van der Waals surface area contributed by atoms with Gasteiger partial charge in [0.25, 0.3) is 0 Å². The monoisotopic (exact) mass is 750 g/mol. The standard InChI is InChI=1S/2C12H23P.C8H12.BF4.Fe.Rh/c2*1-3-10-9-11(4-2)13(10)12-7-5-6-8-12;1-2-4-6-8-7-5-3-1;2-1(3,4)5;;/h2*10-12H,3-9H2,1-2H3;1-2,7-8H,3-6H2;;;/q;;;-1;;/b;;2-1-,8-7?;;;/t2*10-,11-;;;;/m00..../s1. The number of hydrogen-bond acceptors (Lipinski definition) is 0.